The molecule has 0 saturated carbocycles. The van der Waals surface area contributed by atoms with Gasteiger partial charge in [-0.05, 0) is 43.5 Å². The molecular formula is C17H27ClN2. The van der Waals surface area contributed by atoms with Crippen LogP contribution in [0, 0.1) is 5.92 Å². The van der Waals surface area contributed by atoms with E-state index in [1.54, 1.807) is 0 Å². The number of hydrogen-bond acceptors (Lipinski definition) is 1. The van der Waals surface area contributed by atoms with Gasteiger partial charge in [-0.2, -0.15) is 0 Å². The molecule has 1 unspecified atom stereocenters. The molecule has 0 radical (unpaired) electrons. The second-order valence-corrected chi connectivity index (χ2v) is 5.38. The maximum Gasteiger partial charge on any atom is 0.0456 e. The highest BCUT2D eigenvalue weighted by atomic mass is 35.5. The van der Waals surface area contributed by atoms with Gasteiger partial charge in [0.15, 0.2) is 0 Å². The highest BCUT2D eigenvalue weighted by molar-refractivity contribution is 5.85. The van der Waals surface area contributed by atoms with Crippen LogP contribution in [0.15, 0.2) is 30.5 Å². The fourth-order valence-corrected chi connectivity index (χ4v) is 2.73. The van der Waals surface area contributed by atoms with E-state index in [4.69, 9.17) is 0 Å². The lowest BCUT2D eigenvalue weighted by molar-refractivity contribution is 0.431. The summed E-state index contributed by atoms with van der Waals surface area (Å²) in [6, 6.07) is 8.53. The van der Waals surface area contributed by atoms with Crippen LogP contribution in [0.5, 0.6) is 0 Å². The number of nitrogens with one attached hydrogen (secondary N) is 2. The lowest BCUT2D eigenvalue weighted by atomic mass is 10.0. The number of fused-ring (bicyclic) bond motifs is 1. The molecule has 0 aliphatic carbocycles. The van der Waals surface area contributed by atoms with E-state index in [1.165, 1.54) is 35.7 Å². The number of hydrogen-bond donors (Lipinski definition) is 2. The summed E-state index contributed by atoms with van der Waals surface area (Å²) in [5, 5.41) is 4.98. The van der Waals surface area contributed by atoms with Gasteiger partial charge in [0.2, 0.25) is 0 Å². The maximum absolute atomic E-state index is 3.61. The predicted octanol–water partition coefficient (Wildman–Crippen LogP) is 4.55. The van der Waals surface area contributed by atoms with Gasteiger partial charge in [0.05, 0.1) is 0 Å². The van der Waals surface area contributed by atoms with Crippen LogP contribution in [0.4, 0.5) is 0 Å². The highest BCUT2D eigenvalue weighted by Crippen LogP contribution is 2.17. The maximum atomic E-state index is 3.61. The summed E-state index contributed by atoms with van der Waals surface area (Å²) in [5.74, 6) is 0.841. The number of H-pyrrole nitrogens is 1. The summed E-state index contributed by atoms with van der Waals surface area (Å²) in [4.78, 5) is 3.34. The van der Waals surface area contributed by atoms with E-state index in [0.717, 1.165) is 25.4 Å². The van der Waals surface area contributed by atoms with E-state index in [0.29, 0.717) is 0 Å². The van der Waals surface area contributed by atoms with Crippen molar-refractivity contribution in [3.05, 3.63) is 36.0 Å². The average Bonchev–Trinajstić information content (AvgIpc) is 2.85. The molecule has 0 saturated heterocycles. The van der Waals surface area contributed by atoms with E-state index in [9.17, 15) is 0 Å². The number of halogens is 1. The first-order valence-electron chi connectivity index (χ1n) is 7.60. The molecule has 2 rings (SSSR count). The van der Waals surface area contributed by atoms with E-state index < -0.39 is 0 Å². The first-order chi connectivity index (χ1) is 9.35. The summed E-state index contributed by atoms with van der Waals surface area (Å²) < 4.78 is 0. The van der Waals surface area contributed by atoms with Crippen molar-refractivity contribution in [3.8, 4) is 0 Å². The van der Waals surface area contributed by atoms with Crippen molar-refractivity contribution in [3.63, 3.8) is 0 Å². The number of rotatable bonds is 8. The van der Waals surface area contributed by atoms with Gasteiger partial charge in [-0.1, -0.05) is 44.9 Å². The van der Waals surface area contributed by atoms with Crippen LogP contribution in [0.25, 0.3) is 10.9 Å². The first-order valence-corrected chi connectivity index (χ1v) is 7.60. The fraction of sp³-hybridized carbons (Fsp3) is 0.529. The lowest BCUT2D eigenvalue weighted by Gasteiger charge is -2.14. The second kappa shape index (κ2) is 9.04. The summed E-state index contributed by atoms with van der Waals surface area (Å²) in [7, 11) is 0. The van der Waals surface area contributed by atoms with Gasteiger partial charge in [0.25, 0.3) is 0 Å². The van der Waals surface area contributed by atoms with E-state index >= 15 is 0 Å². The lowest BCUT2D eigenvalue weighted by Crippen LogP contribution is -2.24. The van der Waals surface area contributed by atoms with E-state index in [-0.39, 0.29) is 12.4 Å². The Morgan fingerprint density at radius 3 is 2.75 bits per heavy atom. The third-order valence-electron chi connectivity index (χ3n) is 3.95. The molecule has 2 nitrogen and oxygen atoms in total. The number of para-hydroxylation sites is 1. The molecule has 0 amide bonds. The van der Waals surface area contributed by atoms with Crippen molar-refractivity contribution < 1.29 is 0 Å². The normalized spacial score (nSPS) is 12.3. The monoisotopic (exact) mass is 294 g/mol. The molecule has 0 spiro atoms. The summed E-state index contributed by atoms with van der Waals surface area (Å²) in [6.07, 6.45) is 7.18. The van der Waals surface area contributed by atoms with E-state index in [2.05, 4.69) is 54.6 Å². The van der Waals surface area contributed by atoms with Gasteiger partial charge in [-0.15, -0.1) is 12.4 Å². The van der Waals surface area contributed by atoms with Crippen LogP contribution in [-0.4, -0.2) is 18.1 Å². The molecule has 1 atom stereocenters. The Morgan fingerprint density at radius 2 is 2.00 bits per heavy atom. The van der Waals surface area contributed by atoms with Crippen molar-refractivity contribution >= 4 is 23.3 Å². The third kappa shape index (κ3) is 4.53. The number of aromatic nitrogens is 1. The van der Waals surface area contributed by atoms with Gasteiger partial charge < -0.3 is 10.3 Å². The topological polar surface area (TPSA) is 27.8 Å². The average molecular weight is 295 g/mol. The van der Waals surface area contributed by atoms with Crippen LogP contribution in [0.2, 0.25) is 0 Å². The van der Waals surface area contributed by atoms with Crippen LogP contribution >= 0.6 is 12.4 Å². The molecule has 1 heterocycles. The van der Waals surface area contributed by atoms with Crippen molar-refractivity contribution in [2.45, 2.75) is 39.5 Å². The van der Waals surface area contributed by atoms with Crippen molar-refractivity contribution in [1.29, 1.82) is 0 Å². The molecule has 3 heteroatoms. The number of aromatic amines is 1. The first kappa shape index (κ1) is 17.1. The Balaban J connectivity index is 0.00000200. The highest BCUT2D eigenvalue weighted by Gasteiger charge is 2.05. The largest absolute Gasteiger partial charge is 0.361 e. The third-order valence-corrected chi connectivity index (χ3v) is 3.95. The number of benzene rings is 1. The fourth-order valence-electron chi connectivity index (χ4n) is 2.73. The van der Waals surface area contributed by atoms with Crippen LogP contribution in [0.1, 0.15) is 38.7 Å². The van der Waals surface area contributed by atoms with Gasteiger partial charge in [0.1, 0.15) is 0 Å². The van der Waals surface area contributed by atoms with Gasteiger partial charge in [-0.25, -0.2) is 0 Å². The zero-order chi connectivity index (χ0) is 13.5. The molecule has 0 aliphatic rings. The minimum Gasteiger partial charge on any atom is -0.361 e. The van der Waals surface area contributed by atoms with Crippen molar-refractivity contribution in [2.24, 2.45) is 5.92 Å². The molecule has 2 aromatic rings. The van der Waals surface area contributed by atoms with Gasteiger partial charge in [0, 0.05) is 17.1 Å². The molecule has 0 aliphatic heterocycles. The Bertz CT molecular complexity index is 492. The standard InChI is InChI=1S/C17H26N2.ClH/c1-3-7-14(4-2)12-18-11-10-15-13-19-17-9-6-5-8-16(15)17;/h5-6,8-9,13-14,18-19H,3-4,7,10-12H2,1-2H3;1H. The van der Waals surface area contributed by atoms with Crippen LogP contribution in [0.3, 0.4) is 0 Å². The Hall–Kier alpha value is -0.990. The second-order valence-electron chi connectivity index (χ2n) is 5.38. The minimum absolute atomic E-state index is 0. The molecule has 20 heavy (non-hydrogen) atoms. The Kier molecular flexibility index (Phi) is 7.71. The molecular weight excluding hydrogens is 268 g/mol. The molecule has 1 aromatic carbocycles. The molecule has 0 fully saturated rings. The zero-order valence-corrected chi connectivity index (χ0v) is 13.4. The molecule has 112 valence electrons. The predicted molar refractivity (Wildman–Crippen MR) is 90.8 cm³/mol. The quantitative estimate of drug-likeness (QED) is 0.687. The molecule has 1 aromatic heterocycles. The van der Waals surface area contributed by atoms with Gasteiger partial charge >= 0.3 is 0 Å². The molecule has 2 N–H and O–H groups in total. The van der Waals surface area contributed by atoms with E-state index in [1.807, 2.05) is 0 Å². The molecule has 0 bridgehead atoms. The van der Waals surface area contributed by atoms with Gasteiger partial charge in [-0.3, -0.25) is 0 Å². The van der Waals surface area contributed by atoms with Crippen molar-refractivity contribution in [2.75, 3.05) is 13.1 Å². The summed E-state index contributed by atoms with van der Waals surface area (Å²) >= 11 is 0. The smallest absolute Gasteiger partial charge is 0.0456 e. The van der Waals surface area contributed by atoms with Crippen LogP contribution < -0.4 is 5.32 Å². The SMILES string of the molecule is CCCC(CC)CNCCc1c[nH]c2ccccc12.Cl. The van der Waals surface area contributed by atoms with Crippen molar-refractivity contribution in [1.82, 2.24) is 10.3 Å². The minimum atomic E-state index is 0. The Morgan fingerprint density at radius 1 is 1.20 bits per heavy atom. The summed E-state index contributed by atoms with van der Waals surface area (Å²) in [6.45, 7) is 6.80. The Labute approximate surface area is 128 Å². The summed E-state index contributed by atoms with van der Waals surface area (Å²) in [5.41, 5.74) is 2.67. The zero-order valence-electron chi connectivity index (χ0n) is 12.6. The van der Waals surface area contributed by atoms with Crippen LogP contribution in [-0.2, 0) is 6.42 Å².